The Kier molecular flexibility index (Phi) is 5.48. The molecule has 0 spiro atoms. The first-order chi connectivity index (χ1) is 10.0. The van der Waals surface area contributed by atoms with E-state index < -0.39 is 40.6 Å². The summed E-state index contributed by atoms with van der Waals surface area (Å²) in [5, 5.41) is 9.54. The molecule has 0 aliphatic heterocycles. The molecule has 0 amide bonds. The second-order valence-electron chi connectivity index (χ2n) is 6.79. The molecule has 7 nitrogen and oxygen atoms in total. The number of carbonyl (C=O) groups excluding carboxylic acids is 2. The molecule has 0 radical (unpaired) electrons. The maximum Gasteiger partial charge on any atom is 0.325 e. The van der Waals surface area contributed by atoms with Crippen LogP contribution in [0.15, 0.2) is 0 Å². The highest BCUT2D eigenvalue weighted by Gasteiger charge is 2.66. The summed E-state index contributed by atoms with van der Waals surface area (Å²) in [5.41, 5.74) is 13.9. The second-order valence-corrected chi connectivity index (χ2v) is 6.79. The molecule has 0 heterocycles. The lowest BCUT2D eigenvalue weighted by Crippen LogP contribution is -2.68. The van der Waals surface area contributed by atoms with Crippen LogP contribution in [0, 0.1) is 11.3 Å². The Morgan fingerprint density at radius 1 is 1.09 bits per heavy atom. The van der Waals surface area contributed by atoms with Crippen molar-refractivity contribution >= 4 is 17.5 Å². The zero-order valence-electron chi connectivity index (χ0n) is 13.5. The minimum atomic E-state index is -1.94. The first-order valence-electron chi connectivity index (χ1n) is 7.62. The van der Waals surface area contributed by atoms with Crippen LogP contribution < -0.4 is 17.2 Å². The van der Waals surface area contributed by atoms with Crippen LogP contribution in [0.4, 0.5) is 0 Å². The van der Waals surface area contributed by atoms with E-state index in [0.717, 1.165) is 0 Å². The van der Waals surface area contributed by atoms with Gasteiger partial charge in [0.05, 0.1) is 12.1 Å². The molecule has 1 fully saturated rings. The van der Waals surface area contributed by atoms with Crippen molar-refractivity contribution in [2.45, 2.75) is 64.1 Å². The van der Waals surface area contributed by atoms with Gasteiger partial charge in [0.1, 0.15) is 11.0 Å². The fourth-order valence-electron chi connectivity index (χ4n) is 3.49. The Hall–Kier alpha value is -1.31. The molecule has 0 aromatic rings. The van der Waals surface area contributed by atoms with Crippen molar-refractivity contribution < 1.29 is 19.5 Å². The van der Waals surface area contributed by atoms with Crippen molar-refractivity contribution in [3.05, 3.63) is 0 Å². The number of carboxylic acids is 1. The normalized spacial score (nSPS) is 31.0. The fourth-order valence-corrected chi connectivity index (χ4v) is 3.49. The molecule has 126 valence electrons. The van der Waals surface area contributed by atoms with E-state index in [-0.39, 0.29) is 18.8 Å². The van der Waals surface area contributed by atoms with Crippen molar-refractivity contribution in [3.8, 4) is 0 Å². The third-order valence-electron chi connectivity index (χ3n) is 4.58. The van der Waals surface area contributed by atoms with Gasteiger partial charge in [-0.1, -0.05) is 13.8 Å². The largest absolute Gasteiger partial charge is 0.480 e. The van der Waals surface area contributed by atoms with Crippen LogP contribution in [-0.4, -0.2) is 40.3 Å². The van der Waals surface area contributed by atoms with Gasteiger partial charge in [-0.25, -0.2) is 0 Å². The maximum atomic E-state index is 12.9. The van der Waals surface area contributed by atoms with Crippen LogP contribution >= 0.6 is 0 Å². The molecule has 0 saturated heterocycles. The average Bonchev–Trinajstić information content (AvgIpc) is 2.76. The van der Waals surface area contributed by atoms with E-state index in [0.29, 0.717) is 12.8 Å². The van der Waals surface area contributed by atoms with Gasteiger partial charge < -0.3 is 22.3 Å². The first kappa shape index (κ1) is 18.7. The smallest absolute Gasteiger partial charge is 0.325 e. The molecule has 1 rings (SSSR count). The molecule has 1 aliphatic carbocycles. The lowest BCUT2D eigenvalue weighted by atomic mass is 9.63. The van der Waals surface area contributed by atoms with Crippen LogP contribution in [0.25, 0.3) is 0 Å². The summed E-state index contributed by atoms with van der Waals surface area (Å²) < 4.78 is 0. The molecule has 4 atom stereocenters. The Morgan fingerprint density at radius 3 is 2.05 bits per heavy atom. The van der Waals surface area contributed by atoms with E-state index in [1.807, 2.05) is 13.8 Å². The zero-order valence-corrected chi connectivity index (χ0v) is 13.5. The van der Waals surface area contributed by atoms with Crippen LogP contribution in [0.1, 0.15) is 46.5 Å². The number of nitrogens with two attached hydrogens (primary N) is 3. The predicted octanol–water partition coefficient (Wildman–Crippen LogP) is -0.202. The quantitative estimate of drug-likeness (QED) is 0.475. The number of aliphatic carboxylic acids is 1. The molecular formula is C15H27N3O4. The highest BCUT2D eigenvalue weighted by molar-refractivity contribution is 6.16. The standard InChI is InChI=1S/C15H27N3O4/c1-8(2)7-10(17)12(20)14(11(19)9(3)16)5-4-6-15(14,18)13(21)22/h8-10H,4-7,16-18H2,1-3H3,(H,21,22). The number of hydrogen-bond donors (Lipinski definition) is 4. The van der Waals surface area contributed by atoms with Gasteiger partial charge in [-0.3, -0.25) is 14.4 Å². The molecule has 7 N–H and O–H groups in total. The van der Waals surface area contributed by atoms with Crippen LogP contribution in [-0.2, 0) is 14.4 Å². The zero-order chi connectivity index (χ0) is 17.3. The SMILES string of the molecule is CC(C)CC(N)C(=O)C1(C(=O)C(C)N)CCCC1(N)C(=O)O. The maximum absolute atomic E-state index is 12.9. The summed E-state index contributed by atoms with van der Waals surface area (Å²) in [7, 11) is 0. The van der Waals surface area contributed by atoms with Crippen molar-refractivity contribution in [1.29, 1.82) is 0 Å². The number of Topliss-reactive ketones (excluding diaryl/α,β-unsaturated/α-hetero) is 2. The van der Waals surface area contributed by atoms with Crippen molar-refractivity contribution in [3.63, 3.8) is 0 Å². The molecule has 7 heteroatoms. The van der Waals surface area contributed by atoms with Crippen molar-refractivity contribution in [2.24, 2.45) is 28.5 Å². The molecule has 0 aromatic heterocycles. The van der Waals surface area contributed by atoms with Crippen molar-refractivity contribution in [1.82, 2.24) is 0 Å². The molecule has 0 bridgehead atoms. The second kappa shape index (κ2) is 6.44. The third-order valence-corrected chi connectivity index (χ3v) is 4.58. The van der Waals surface area contributed by atoms with Crippen LogP contribution in [0.2, 0.25) is 0 Å². The lowest BCUT2D eigenvalue weighted by Gasteiger charge is -2.40. The molecule has 4 unspecified atom stereocenters. The number of rotatable bonds is 7. The Balaban J connectivity index is 3.39. The van der Waals surface area contributed by atoms with Gasteiger partial charge in [-0.2, -0.15) is 0 Å². The average molecular weight is 313 g/mol. The predicted molar refractivity (Wildman–Crippen MR) is 81.9 cm³/mol. The van der Waals surface area contributed by atoms with Gasteiger partial charge in [0.2, 0.25) is 0 Å². The summed E-state index contributed by atoms with van der Waals surface area (Å²) in [6, 6.07) is -1.90. The van der Waals surface area contributed by atoms with Gasteiger partial charge in [0, 0.05) is 0 Å². The topological polar surface area (TPSA) is 150 Å². The van der Waals surface area contributed by atoms with E-state index in [1.165, 1.54) is 6.92 Å². The summed E-state index contributed by atoms with van der Waals surface area (Å²) in [6.07, 6.45) is 0.881. The van der Waals surface area contributed by atoms with E-state index in [2.05, 4.69) is 0 Å². The minimum absolute atomic E-state index is 0.0565. The van der Waals surface area contributed by atoms with E-state index in [9.17, 15) is 19.5 Å². The lowest BCUT2D eigenvalue weighted by molar-refractivity contribution is -0.159. The first-order valence-corrected chi connectivity index (χ1v) is 7.62. The summed E-state index contributed by atoms with van der Waals surface area (Å²) in [4.78, 5) is 37.3. The minimum Gasteiger partial charge on any atom is -0.480 e. The van der Waals surface area contributed by atoms with Gasteiger partial charge in [-0.15, -0.1) is 0 Å². The summed E-state index contributed by atoms with van der Waals surface area (Å²) >= 11 is 0. The summed E-state index contributed by atoms with van der Waals surface area (Å²) in [5.74, 6) is -2.44. The Labute approximate surface area is 130 Å². The summed E-state index contributed by atoms with van der Waals surface area (Å²) in [6.45, 7) is 5.23. The molecule has 1 saturated carbocycles. The van der Waals surface area contributed by atoms with E-state index >= 15 is 0 Å². The van der Waals surface area contributed by atoms with Crippen molar-refractivity contribution in [2.75, 3.05) is 0 Å². The van der Waals surface area contributed by atoms with Gasteiger partial charge in [-0.05, 0) is 38.5 Å². The van der Waals surface area contributed by atoms with Gasteiger partial charge in [0.15, 0.2) is 11.6 Å². The molecule has 0 aromatic carbocycles. The van der Waals surface area contributed by atoms with Crippen LogP contribution in [0.3, 0.4) is 0 Å². The molecular weight excluding hydrogens is 286 g/mol. The number of hydrogen-bond acceptors (Lipinski definition) is 6. The fraction of sp³-hybridized carbons (Fsp3) is 0.800. The highest BCUT2D eigenvalue weighted by Crippen LogP contribution is 2.48. The Morgan fingerprint density at radius 2 is 1.64 bits per heavy atom. The van der Waals surface area contributed by atoms with Gasteiger partial charge in [0.25, 0.3) is 0 Å². The van der Waals surface area contributed by atoms with E-state index in [1.54, 1.807) is 0 Å². The molecule has 22 heavy (non-hydrogen) atoms. The monoisotopic (exact) mass is 313 g/mol. The highest BCUT2D eigenvalue weighted by atomic mass is 16.4. The van der Waals surface area contributed by atoms with Gasteiger partial charge >= 0.3 is 5.97 Å². The van der Waals surface area contributed by atoms with E-state index in [4.69, 9.17) is 17.2 Å². The number of carbonyl (C=O) groups is 3. The molecule has 1 aliphatic rings. The Bertz CT molecular complexity index is 477. The number of ketones is 2. The number of carboxylic acid groups (broad SMARTS) is 1. The third kappa shape index (κ3) is 2.80. The van der Waals surface area contributed by atoms with Crippen LogP contribution in [0.5, 0.6) is 0 Å².